The summed E-state index contributed by atoms with van der Waals surface area (Å²) < 4.78 is 27.6. The summed E-state index contributed by atoms with van der Waals surface area (Å²) in [6.45, 7) is 7.07. The molecule has 47 heavy (non-hydrogen) atoms. The van der Waals surface area contributed by atoms with Gasteiger partial charge in [0.2, 0.25) is 5.95 Å². The topological polar surface area (TPSA) is 132 Å². The molecule has 0 amide bonds. The first-order chi connectivity index (χ1) is 22.6. The van der Waals surface area contributed by atoms with Gasteiger partial charge in [0.25, 0.3) is 0 Å². The van der Waals surface area contributed by atoms with E-state index in [4.69, 9.17) is 14.5 Å². The van der Waals surface area contributed by atoms with E-state index in [1.54, 1.807) is 39.0 Å². The average molecular weight is 719 g/mol. The lowest BCUT2D eigenvalue weighted by Crippen LogP contribution is -2.40. The van der Waals surface area contributed by atoms with Crippen molar-refractivity contribution in [2.24, 2.45) is 12.5 Å². The Morgan fingerprint density at radius 1 is 1.02 bits per heavy atom. The number of nitrogens with zero attached hydrogens (tertiary/aromatic N) is 7. The zero-order valence-electron chi connectivity index (χ0n) is 26.8. The summed E-state index contributed by atoms with van der Waals surface area (Å²) in [6, 6.07) is 7.89. The lowest BCUT2D eigenvalue weighted by molar-refractivity contribution is 0.134. The van der Waals surface area contributed by atoms with Crippen LogP contribution in [0.5, 0.6) is 5.75 Å². The maximum Gasteiger partial charge on any atom is 0.229 e. The Bertz CT molecular complexity index is 2000. The molecule has 0 radical (unpaired) electrons. The van der Waals surface area contributed by atoms with Gasteiger partial charge in [-0.3, -0.25) is 14.6 Å². The van der Waals surface area contributed by atoms with Crippen LogP contribution in [0.1, 0.15) is 19.3 Å². The van der Waals surface area contributed by atoms with E-state index in [9.17, 15) is 4.57 Å². The first-order valence-corrected chi connectivity index (χ1v) is 18.9. The van der Waals surface area contributed by atoms with Crippen LogP contribution in [-0.2, 0) is 16.3 Å². The number of hydrogen-bond donors (Lipinski definition) is 2. The van der Waals surface area contributed by atoms with Crippen LogP contribution in [0.15, 0.2) is 59.7 Å². The number of benzene rings is 2. The third-order valence-corrected chi connectivity index (χ3v) is 11.2. The van der Waals surface area contributed by atoms with Crippen LogP contribution >= 0.6 is 23.1 Å². The molecule has 2 saturated heterocycles. The fourth-order valence-electron chi connectivity index (χ4n) is 6.59. The van der Waals surface area contributed by atoms with Crippen LogP contribution in [0.25, 0.3) is 22.2 Å². The standard InChI is InChI=1S/C33H37BrN9O3P/c1-42-19-21(17-38-42)22-15-26(28(45-2)16-27(22)43-12-7-33(8-13-43)9-14-46-20-33)40-32-37-18-23(34)31(41-32)39-25-6-5-24-29(36-11-10-35-24)30(25)47(3,4)44/h5-6,10-11,15-19H,7-9,12-14,20H2,1-4H3,(H2,37,39,40,41). The number of piperidine rings is 1. The minimum Gasteiger partial charge on any atom is -0.494 e. The fourth-order valence-corrected chi connectivity index (χ4v) is 8.27. The molecule has 2 fully saturated rings. The summed E-state index contributed by atoms with van der Waals surface area (Å²) in [7, 11) is 0.829. The van der Waals surface area contributed by atoms with E-state index in [-0.39, 0.29) is 0 Å². The van der Waals surface area contributed by atoms with Crippen molar-refractivity contribution in [2.75, 3.05) is 62.3 Å². The average Bonchev–Trinajstić information content (AvgIpc) is 3.71. The van der Waals surface area contributed by atoms with E-state index in [1.165, 1.54) is 0 Å². The van der Waals surface area contributed by atoms with Crippen LogP contribution in [0, 0.1) is 5.41 Å². The third kappa shape index (κ3) is 6.31. The summed E-state index contributed by atoms with van der Waals surface area (Å²) in [5.74, 6) is 1.53. The second kappa shape index (κ2) is 12.5. The molecule has 3 aromatic heterocycles. The monoisotopic (exact) mass is 717 g/mol. The predicted molar refractivity (Wildman–Crippen MR) is 189 cm³/mol. The minimum atomic E-state index is -2.76. The highest BCUT2D eigenvalue weighted by atomic mass is 79.9. The van der Waals surface area contributed by atoms with Crippen LogP contribution in [0.2, 0.25) is 0 Å². The number of ether oxygens (including phenoxy) is 2. The second-order valence-electron chi connectivity index (χ2n) is 12.6. The van der Waals surface area contributed by atoms with Gasteiger partial charge in [0.05, 0.1) is 46.6 Å². The predicted octanol–water partition coefficient (Wildman–Crippen LogP) is 6.33. The smallest absolute Gasteiger partial charge is 0.229 e. The Hall–Kier alpha value is -4.06. The lowest BCUT2D eigenvalue weighted by Gasteiger charge is -2.40. The Kier molecular flexibility index (Phi) is 8.40. The highest BCUT2D eigenvalue weighted by molar-refractivity contribution is 9.10. The van der Waals surface area contributed by atoms with Gasteiger partial charge in [0.1, 0.15) is 24.2 Å². The molecule has 14 heteroatoms. The summed E-state index contributed by atoms with van der Waals surface area (Å²) in [4.78, 5) is 20.7. The van der Waals surface area contributed by atoms with Gasteiger partial charge in [-0.1, -0.05) is 0 Å². The SMILES string of the molecule is COc1cc(N2CCC3(CCOC3)CC2)c(-c2cnn(C)c2)cc1Nc1ncc(Br)c(Nc2ccc3nccnc3c2P(C)(C)=O)n1. The van der Waals surface area contributed by atoms with Crippen molar-refractivity contribution in [3.8, 4) is 16.9 Å². The molecule has 0 aliphatic carbocycles. The summed E-state index contributed by atoms with van der Waals surface area (Å²) >= 11 is 3.59. The molecule has 2 aromatic carbocycles. The van der Waals surface area contributed by atoms with Gasteiger partial charge in [0.15, 0.2) is 0 Å². The number of methoxy groups -OCH3 is 1. The van der Waals surface area contributed by atoms with Crippen molar-refractivity contribution < 1.29 is 14.0 Å². The highest BCUT2D eigenvalue weighted by Gasteiger charge is 2.38. The maximum atomic E-state index is 13.5. The first kappa shape index (κ1) is 31.5. The van der Waals surface area contributed by atoms with Crippen LogP contribution in [0.4, 0.5) is 28.8 Å². The molecule has 12 nitrogen and oxygen atoms in total. The van der Waals surface area contributed by atoms with Crippen molar-refractivity contribution >= 4 is 68.2 Å². The molecule has 0 bridgehead atoms. The summed E-state index contributed by atoms with van der Waals surface area (Å²) in [5.41, 5.74) is 6.09. The zero-order valence-corrected chi connectivity index (χ0v) is 29.3. The van der Waals surface area contributed by atoms with Crippen molar-refractivity contribution in [1.82, 2.24) is 29.7 Å². The summed E-state index contributed by atoms with van der Waals surface area (Å²) in [5, 5.41) is 11.8. The van der Waals surface area contributed by atoms with E-state index in [0.717, 1.165) is 62.4 Å². The van der Waals surface area contributed by atoms with Crippen LogP contribution in [-0.4, -0.2) is 76.5 Å². The number of hydrogen-bond acceptors (Lipinski definition) is 11. The molecule has 7 rings (SSSR count). The summed E-state index contributed by atoms with van der Waals surface area (Å²) in [6.07, 6.45) is 12.2. The fraction of sp³-hybridized carbons (Fsp3) is 0.364. The number of fused-ring (bicyclic) bond motifs is 1. The molecule has 244 valence electrons. The number of halogens is 1. The molecule has 5 heterocycles. The number of rotatable bonds is 8. The van der Waals surface area contributed by atoms with Crippen LogP contribution < -0.4 is 25.6 Å². The van der Waals surface area contributed by atoms with Crippen molar-refractivity contribution in [2.45, 2.75) is 19.3 Å². The number of nitrogens with one attached hydrogen (secondary N) is 2. The normalized spacial score (nSPS) is 16.1. The van der Waals surface area contributed by atoms with Gasteiger partial charge in [-0.25, -0.2) is 4.98 Å². The molecule has 2 aliphatic rings. The maximum absolute atomic E-state index is 13.5. The Balaban J connectivity index is 1.23. The first-order valence-electron chi connectivity index (χ1n) is 15.5. The number of aromatic nitrogens is 6. The lowest BCUT2D eigenvalue weighted by atomic mass is 9.78. The van der Waals surface area contributed by atoms with Gasteiger partial charge in [-0.15, -0.1) is 0 Å². The molecular formula is C33H37BrN9O3P. The minimum absolute atomic E-state index is 0.299. The molecule has 2 aliphatic heterocycles. The van der Waals surface area contributed by atoms with Gasteiger partial charge in [-0.2, -0.15) is 10.1 Å². The second-order valence-corrected chi connectivity index (χ2v) is 16.6. The largest absolute Gasteiger partial charge is 0.494 e. The quantitative estimate of drug-likeness (QED) is 0.175. The van der Waals surface area contributed by atoms with E-state index >= 15 is 0 Å². The number of anilines is 5. The van der Waals surface area contributed by atoms with Gasteiger partial charge >= 0.3 is 0 Å². The molecule has 0 saturated carbocycles. The molecule has 5 aromatic rings. The Morgan fingerprint density at radius 2 is 1.83 bits per heavy atom. The van der Waals surface area contributed by atoms with Crippen molar-refractivity contribution in [3.63, 3.8) is 0 Å². The molecule has 0 unspecified atom stereocenters. The van der Waals surface area contributed by atoms with Crippen LogP contribution in [0.3, 0.4) is 0 Å². The number of aryl methyl sites for hydroxylation is 1. The Morgan fingerprint density at radius 3 is 2.53 bits per heavy atom. The Labute approximate surface area is 281 Å². The highest BCUT2D eigenvalue weighted by Crippen LogP contribution is 2.45. The van der Waals surface area contributed by atoms with Gasteiger partial charge < -0.3 is 29.6 Å². The molecule has 1 spiro atoms. The van der Waals surface area contributed by atoms with E-state index in [1.807, 2.05) is 36.3 Å². The zero-order chi connectivity index (χ0) is 32.8. The molecule has 2 N–H and O–H groups in total. The molecule has 0 atom stereocenters. The van der Waals surface area contributed by atoms with E-state index in [2.05, 4.69) is 63.6 Å². The third-order valence-electron chi connectivity index (χ3n) is 9.08. The van der Waals surface area contributed by atoms with Gasteiger partial charge in [0, 0.05) is 74.4 Å². The van der Waals surface area contributed by atoms with Gasteiger partial charge in [-0.05, 0) is 72.1 Å². The van der Waals surface area contributed by atoms with E-state index < -0.39 is 7.14 Å². The van der Waals surface area contributed by atoms with Crippen molar-refractivity contribution in [3.05, 3.63) is 59.7 Å². The van der Waals surface area contributed by atoms with E-state index in [0.29, 0.717) is 55.1 Å². The van der Waals surface area contributed by atoms with Crippen molar-refractivity contribution in [1.29, 1.82) is 0 Å². The molecular weight excluding hydrogens is 681 g/mol.